The van der Waals surface area contributed by atoms with Gasteiger partial charge in [0.2, 0.25) is 0 Å². The number of halogens is 2. The third-order valence-corrected chi connectivity index (χ3v) is 3.65. The van der Waals surface area contributed by atoms with Crippen LogP contribution >= 0.6 is 0 Å². The molecule has 0 aliphatic carbocycles. The summed E-state index contributed by atoms with van der Waals surface area (Å²) in [5, 5.41) is 0. The van der Waals surface area contributed by atoms with Gasteiger partial charge in [-0.15, -0.1) is 0 Å². The minimum Gasteiger partial charge on any atom is -0.293 e. The van der Waals surface area contributed by atoms with Gasteiger partial charge in [-0.2, -0.15) is 8.78 Å². The molecule has 2 aliphatic heterocycles. The largest absolute Gasteiger partial charge is 0.293 e. The van der Waals surface area contributed by atoms with E-state index in [1.165, 1.54) is 6.42 Å². The zero-order valence-corrected chi connectivity index (χ0v) is 10.7. The zero-order valence-electron chi connectivity index (χ0n) is 10.7. The SMILES string of the molecule is CC.CCCC12CCCN1CC(=C(F)F)C2. The molecule has 1 nitrogen and oxygen atoms in total. The third kappa shape index (κ3) is 2.45. The normalized spacial score (nSPS) is 28.7. The molecule has 0 N–H and O–H groups in total. The fourth-order valence-corrected chi connectivity index (χ4v) is 3.09. The molecule has 2 saturated heterocycles. The Labute approximate surface area is 97.5 Å². The minimum absolute atomic E-state index is 0.105. The first-order valence-electron chi connectivity index (χ1n) is 6.46. The molecule has 0 aromatic carbocycles. The highest BCUT2D eigenvalue weighted by Gasteiger charge is 2.46. The van der Waals surface area contributed by atoms with Crippen molar-refractivity contribution in [2.75, 3.05) is 13.1 Å². The Bertz CT molecular complexity index is 259. The number of fused-ring (bicyclic) bond motifs is 1. The number of rotatable bonds is 2. The van der Waals surface area contributed by atoms with Crippen LogP contribution in [0.3, 0.4) is 0 Å². The molecule has 0 spiro atoms. The van der Waals surface area contributed by atoms with Gasteiger partial charge in [0.05, 0.1) is 0 Å². The summed E-state index contributed by atoms with van der Waals surface area (Å²) in [7, 11) is 0. The van der Waals surface area contributed by atoms with Gasteiger partial charge < -0.3 is 0 Å². The Balaban J connectivity index is 0.000000606. The number of nitrogens with zero attached hydrogens (tertiary/aromatic N) is 1. The Morgan fingerprint density at radius 1 is 1.38 bits per heavy atom. The molecule has 2 aliphatic rings. The first-order chi connectivity index (χ1) is 7.68. The van der Waals surface area contributed by atoms with Crippen LogP contribution in [-0.2, 0) is 0 Å². The molecule has 3 heteroatoms. The summed E-state index contributed by atoms with van der Waals surface area (Å²) in [6.07, 6.45) is 3.64. The summed E-state index contributed by atoms with van der Waals surface area (Å²) in [6, 6.07) is 0. The van der Waals surface area contributed by atoms with E-state index in [0.717, 1.165) is 25.8 Å². The van der Waals surface area contributed by atoms with E-state index >= 15 is 0 Å². The van der Waals surface area contributed by atoms with Gasteiger partial charge in [-0.25, -0.2) is 0 Å². The Morgan fingerprint density at radius 2 is 2.06 bits per heavy atom. The second-order valence-corrected chi connectivity index (χ2v) is 4.54. The average Bonchev–Trinajstić information content (AvgIpc) is 2.77. The summed E-state index contributed by atoms with van der Waals surface area (Å²) in [5.74, 6) is 0. The summed E-state index contributed by atoms with van der Waals surface area (Å²) in [4.78, 5) is 2.27. The van der Waals surface area contributed by atoms with Crippen molar-refractivity contribution >= 4 is 0 Å². The molecule has 2 rings (SSSR count). The lowest BCUT2D eigenvalue weighted by Gasteiger charge is -2.31. The number of hydrogen-bond acceptors (Lipinski definition) is 1. The second kappa shape index (κ2) is 5.76. The molecule has 0 aromatic rings. The molecule has 2 fully saturated rings. The molecular formula is C13H23F2N. The van der Waals surface area contributed by atoms with E-state index < -0.39 is 6.08 Å². The smallest absolute Gasteiger partial charge is 0.270 e. The molecule has 94 valence electrons. The van der Waals surface area contributed by atoms with Gasteiger partial charge >= 0.3 is 0 Å². The van der Waals surface area contributed by atoms with Crippen LogP contribution in [0.2, 0.25) is 0 Å². The van der Waals surface area contributed by atoms with Crippen molar-refractivity contribution in [3.63, 3.8) is 0 Å². The van der Waals surface area contributed by atoms with Crippen molar-refractivity contribution < 1.29 is 8.78 Å². The summed E-state index contributed by atoms with van der Waals surface area (Å²) in [6.45, 7) is 7.66. The van der Waals surface area contributed by atoms with E-state index in [4.69, 9.17) is 0 Å². The molecule has 0 bridgehead atoms. The molecule has 0 aromatic heterocycles. The summed E-state index contributed by atoms with van der Waals surface area (Å²) < 4.78 is 25.0. The first kappa shape index (κ1) is 13.6. The van der Waals surface area contributed by atoms with Gasteiger partial charge in [0.25, 0.3) is 6.08 Å². The maximum absolute atomic E-state index is 12.5. The van der Waals surface area contributed by atoms with E-state index in [-0.39, 0.29) is 5.54 Å². The Kier molecular flexibility index (Phi) is 4.90. The van der Waals surface area contributed by atoms with Crippen LogP contribution in [0.1, 0.15) is 52.9 Å². The molecule has 1 unspecified atom stereocenters. The predicted octanol–water partition coefficient (Wildman–Crippen LogP) is 4.20. The average molecular weight is 231 g/mol. The van der Waals surface area contributed by atoms with E-state index in [0.29, 0.717) is 18.5 Å². The van der Waals surface area contributed by atoms with Crippen LogP contribution in [0.25, 0.3) is 0 Å². The lowest BCUT2D eigenvalue weighted by Crippen LogP contribution is -2.37. The molecule has 16 heavy (non-hydrogen) atoms. The predicted molar refractivity (Wildman–Crippen MR) is 63.7 cm³/mol. The van der Waals surface area contributed by atoms with Crippen molar-refractivity contribution in [2.45, 2.75) is 58.4 Å². The maximum atomic E-state index is 12.5. The highest BCUT2D eigenvalue weighted by atomic mass is 19.3. The van der Waals surface area contributed by atoms with Crippen LogP contribution in [0.4, 0.5) is 8.78 Å². The van der Waals surface area contributed by atoms with Crippen molar-refractivity contribution in [1.82, 2.24) is 4.90 Å². The van der Waals surface area contributed by atoms with E-state index in [1.807, 2.05) is 13.8 Å². The standard InChI is InChI=1S/C11H17F2N.C2H6/c1-2-4-11-5-3-6-14(11)8-9(7-11)10(12)13;1-2/h2-8H2,1H3;1-2H3. The fourth-order valence-electron chi connectivity index (χ4n) is 3.09. The highest BCUT2D eigenvalue weighted by molar-refractivity contribution is 5.20. The Hall–Kier alpha value is -0.440. The van der Waals surface area contributed by atoms with Gasteiger partial charge in [0, 0.05) is 17.7 Å². The minimum atomic E-state index is -1.44. The van der Waals surface area contributed by atoms with Gasteiger partial charge in [-0.1, -0.05) is 27.2 Å². The van der Waals surface area contributed by atoms with Crippen LogP contribution < -0.4 is 0 Å². The van der Waals surface area contributed by atoms with Crippen molar-refractivity contribution in [2.24, 2.45) is 0 Å². The topological polar surface area (TPSA) is 3.24 Å². The molecule has 0 amide bonds. The van der Waals surface area contributed by atoms with E-state index in [2.05, 4.69) is 11.8 Å². The maximum Gasteiger partial charge on any atom is 0.270 e. The monoisotopic (exact) mass is 231 g/mol. The van der Waals surface area contributed by atoms with Gasteiger partial charge in [-0.05, 0) is 32.2 Å². The van der Waals surface area contributed by atoms with Crippen molar-refractivity contribution in [3.8, 4) is 0 Å². The molecule has 0 radical (unpaired) electrons. The molecule has 2 heterocycles. The van der Waals surface area contributed by atoms with E-state index in [1.54, 1.807) is 0 Å². The van der Waals surface area contributed by atoms with Gasteiger partial charge in [-0.3, -0.25) is 4.90 Å². The van der Waals surface area contributed by atoms with Gasteiger partial charge in [0.15, 0.2) is 0 Å². The van der Waals surface area contributed by atoms with Crippen molar-refractivity contribution in [1.29, 1.82) is 0 Å². The summed E-state index contributed by atoms with van der Waals surface area (Å²) >= 11 is 0. The molecular weight excluding hydrogens is 208 g/mol. The summed E-state index contributed by atoms with van der Waals surface area (Å²) in [5.41, 5.74) is 0.492. The lowest BCUT2D eigenvalue weighted by molar-refractivity contribution is 0.181. The van der Waals surface area contributed by atoms with Gasteiger partial charge in [0.1, 0.15) is 0 Å². The quantitative estimate of drug-likeness (QED) is 0.688. The van der Waals surface area contributed by atoms with Crippen LogP contribution in [0.15, 0.2) is 11.7 Å². The Morgan fingerprint density at radius 3 is 2.62 bits per heavy atom. The van der Waals surface area contributed by atoms with E-state index in [9.17, 15) is 8.78 Å². The van der Waals surface area contributed by atoms with Crippen molar-refractivity contribution in [3.05, 3.63) is 11.7 Å². The zero-order chi connectivity index (χ0) is 12.2. The third-order valence-electron chi connectivity index (χ3n) is 3.65. The molecule has 1 atom stereocenters. The lowest BCUT2D eigenvalue weighted by atomic mass is 9.88. The highest BCUT2D eigenvalue weighted by Crippen LogP contribution is 2.45. The van der Waals surface area contributed by atoms with Crippen LogP contribution in [0.5, 0.6) is 0 Å². The second-order valence-electron chi connectivity index (χ2n) is 4.54. The van der Waals surface area contributed by atoms with Crippen LogP contribution in [-0.4, -0.2) is 23.5 Å². The fraction of sp³-hybridized carbons (Fsp3) is 0.846. The molecule has 0 saturated carbocycles. The first-order valence-corrected chi connectivity index (χ1v) is 6.46. The van der Waals surface area contributed by atoms with Crippen LogP contribution in [0, 0.1) is 0 Å². The number of hydrogen-bond donors (Lipinski definition) is 0.